The molecule has 1 unspecified atom stereocenters. The molecule has 6 N–H and O–H groups in total. The van der Waals surface area contributed by atoms with E-state index >= 15 is 0 Å². The molecule has 1 aliphatic rings. The van der Waals surface area contributed by atoms with Gasteiger partial charge in [-0.05, 0) is 37.2 Å². The third-order valence-corrected chi connectivity index (χ3v) is 3.99. The summed E-state index contributed by atoms with van der Waals surface area (Å²) in [7, 11) is 0. The van der Waals surface area contributed by atoms with Crippen molar-refractivity contribution in [1.82, 2.24) is 5.32 Å². The van der Waals surface area contributed by atoms with Gasteiger partial charge in [-0.2, -0.15) is 0 Å². The first-order chi connectivity index (χ1) is 9.10. The SMILES string of the molecule is C=CNC1CCN=C(Nc2cc(N)c(N)cc2C)S1. The largest absolute Gasteiger partial charge is 0.397 e. The van der Waals surface area contributed by atoms with E-state index in [1.54, 1.807) is 18.0 Å². The molecule has 2 rings (SSSR count). The van der Waals surface area contributed by atoms with E-state index in [1.807, 2.05) is 19.1 Å². The van der Waals surface area contributed by atoms with Gasteiger partial charge in [0.1, 0.15) is 0 Å². The summed E-state index contributed by atoms with van der Waals surface area (Å²) in [6.07, 6.45) is 2.71. The Labute approximate surface area is 117 Å². The number of thioether (sulfide) groups is 1. The molecule has 5 nitrogen and oxygen atoms in total. The summed E-state index contributed by atoms with van der Waals surface area (Å²) >= 11 is 1.65. The Hall–Kier alpha value is -1.82. The second-order valence-electron chi connectivity index (χ2n) is 4.37. The van der Waals surface area contributed by atoms with Gasteiger partial charge in [0.25, 0.3) is 0 Å². The number of hydrogen-bond acceptors (Lipinski definition) is 6. The smallest absolute Gasteiger partial charge is 0.163 e. The fourth-order valence-corrected chi connectivity index (χ4v) is 2.82. The number of aliphatic imine (C=N–C) groups is 1. The van der Waals surface area contributed by atoms with E-state index in [2.05, 4.69) is 22.2 Å². The van der Waals surface area contributed by atoms with Gasteiger partial charge in [-0.15, -0.1) is 0 Å². The topological polar surface area (TPSA) is 88.5 Å². The first kappa shape index (κ1) is 13.6. The number of nitrogens with one attached hydrogen (secondary N) is 2. The quantitative estimate of drug-likeness (QED) is 0.636. The zero-order valence-electron chi connectivity index (χ0n) is 10.9. The molecule has 1 aromatic carbocycles. The zero-order valence-corrected chi connectivity index (χ0v) is 11.8. The minimum Gasteiger partial charge on any atom is -0.397 e. The number of nitrogens with two attached hydrogens (primary N) is 2. The Balaban J connectivity index is 2.11. The molecule has 19 heavy (non-hydrogen) atoms. The average Bonchev–Trinajstić information content (AvgIpc) is 2.37. The lowest BCUT2D eigenvalue weighted by Gasteiger charge is -2.23. The molecule has 0 aliphatic carbocycles. The molecular formula is C13H19N5S. The summed E-state index contributed by atoms with van der Waals surface area (Å²) in [5.41, 5.74) is 14.8. The average molecular weight is 277 g/mol. The molecule has 0 bridgehead atoms. The summed E-state index contributed by atoms with van der Waals surface area (Å²) in [5.74, 6) is 0. The van der Waals surface area contributed by atoms with Gasteiger partial charge in [0, 0.05) is 12.2 Å². The summed E-state index contributed by atoms with van der Waals surface area (Å²) in [6, 6.07) is 3.71. The van der Waals surface area contributed by atoms with Crippen LogP contribution in [0.15, 0.2) is 29.9 Å². The van der Waals surface area contributed by atoms with E-state index in [9.17, 15) is 0 Å². The standard InChI is InChI=1S/C13H19N5S/c1-3-16-12-4-5-17-13(19-12)18-11-7-10(15)9(14)6-8(11)2/h3,6-7,12,16H,1,4-5,14-15H2,2H3,(H,17,18). The maximum atomic E-state index is 5.83. The molecule has 0 radical (unpaired) electrons. The van der Waals surface area contributed by atoms with Crippen molar-refractivity contribution < 1.29 is 0 Å². The number of rotatable bonds is 3. The normalized spacial score (nSPS) is 18.6. The van der Waals surface area contributed by atoms with Crippen molar-refractivity contribution in [2.24, 2.45) is 4.99 Å². The molecule has 0 saturated heterocycles. The molecule has 1 heterocycles. The highest BCUT2D eigenvalue weighted by molar-refractivity contribution is 8.14. The van der Waals surface area contributed by atoms with Crippen molar-refractivity contribution >= 4 is 34.0 Å². The molecule has 102 valence electrons. The predicted molar refractivity (Wildman–Crippen MR) is 85.3 cm³/mol. The van der Waals surface area contributed by atoms with E-state index < -0.39 is 0 Å². The number of anilines is 3. The van der Waals surface area contributed by atoms with Crippen LogP contribution in [0, 0.1) is 6.92 Å². The molecule has 1 aromatic rings. The van der Waals surface area contributed by atoms with Gasteiger partial charge in [-0.25, -0.2) is 0 Å². The van der Waals surface area contributed by atoms with Crippen LogP contribution in [0.2, 0.25) is 0 Å². The fourth-order valence-electron chi connectivity index (χ4n) is 1.83. The summed E-state index contributed by atoms with van der Waals surface area (Å²) in [4.78, 5) is 4.47. The van der Waals surface area contributed by atoms with Crippen LogP contribution < -0.4 is 22.1 Å². The highest BCUT2D eigenvalue weighted by Crippen LogP contribution is 2.27. The predicted octanol–water partition coefficient (Wildman–Crippen LogP) is 2.12. The van der Waals surface area contributed by atoms with Gasteiger partial charge in [-0.3, -0.25) is 4.99 Å². The van der Waals surface area contributed by atoms with Crippen LogP contribution in [0.25, 0.3) is 0 Å². The Morgan fingerprint density at radius 2 is 2.16 bits per heavy atom. The van der Waals surface area contributed by atoms with Crippen molar-refractivity contribution in [3.05, 3.63) is 30.5 Å². The Kier molecular flexibility index (Phi) is 4.21. The molecule has 0 aromatic heterocycles. The number of nitrogens with zero attached hydrogens (tertiary/aromatic N) is 1. The molecule has 1 atom stereocenters. The third-order valence-electron chi connectivity index (χ3n) is 2.88. The van der Waals surface area contributed by atoms with Crippen LogP contribution in [0.5, 0.6) is 0 Å². The maximum Gasteiger partial charge on any atom is 0.163 e. The van der Waals surface area contributed by atoms with Crippen molar-refractivity contribution in [2.75, 3.05) is 23.3 Å². The van der Waals surface area contributed by atoms with E-state index in [0.717, 1.165) is 29.4 Å². The Morgan fingerprint density at radius 1 is 1.42 bits per heavy atom. The van der Waals surface area contributed by atoms with Crippen molar-refractivity contribution in [3.8, 4) is 0 Å². The maximum absolute atomic E-state index is 5.83. The highest BCUT2D eigenvalue weighted by Gasteiger charge is 2.17. The Bertz CT molecular complexity index is 512. The molecular weight excluding hydrogens is 258 g/mol. The van der Waals surface area contributed by atoms with Gasteiger partial charge in [0.05, 0.1) is 16.7 Å². The van der Waals surface area contributed by atoms with E-state index in [0.29, 0.717) is 16.7 Å². The number of nitrogen functional groups attached to an aromatic ring is 2. The first-order valence-electron chi connectivity index (χ1n) is 6.11. The van der Waals surface area contributed by atoms with Crippen LogP contribution in [0.4, 0.5) is 17.1 Å². The number of aryl methyl sites for hydroxylation is 1. The van der Waals surface area contributed by atoms with E-state index in [-0.39, 0.29) is 0 Å². The van der Waals surface area contributed by atoms with E-state index in [1.165, 1.54) is 0 Å². The van der Waals surface area contributed by atoms with Crippen molar-refractivity contribution in [1.29, 1.82) is 0 Å². The van der Waals surface area contributed by atoms with Gasteiger partial charge in [-0.1, -0.05) is 18.3 Å². The summed E-state index contributed by atoms with van der Waals surface area (Å²) in [5, 5.41) is 7.70. The highest BCUT2D eigenvalue weighted by atomic mass is 32.2. The number of benzene rings is 1. The summed E-state index contributed by atoms with van der Waals surface area (Å²) < 4.78 is 0. The van der Waals surface area contributed by atoms with Crippen molar-refractivity contribution in [2.45, 2.75) is 18.7 Å². The lowest BCUT2D eigenvalue weighted by atomic mass is 10.1. The van der Waals surface area contributed by atoms with Gasteiger partial charge < -0.3 is 22.1 Å². The first-order valence-corrected chi connectivity index (χ1v) is 6.99. The molecule has 0 fully saturated rings. The molecule has 0 saturated carbocycles. The minimum atomic E-state index is 0.309. The summed E-state index contributed by atoms with van der Waals surface area (Å²) in [6.45, 7) is 6.47. The fraction of sp³-hybridized carbons (Fsp3) is 0.308. The van der Waals surface area contributed by atoms with Crippen LogP contribution in [-0.2, 0) is 0 Å². The molecule has 6 heteroatoms. The van der Waals surface area contributed by atoms with E-state index in [4.69, 9.17) is 11.5 Å². The van der Waals surface area contributed by atoms with Gasteiger partial charge in [0.15, 0.2) is 5.17 Å². The Morgan fingerprint density at radius 3 is 2.89 bits per heavy atom. The second-order valence-corrected chi connectivity index (χ2v) is 5.57. The lowest BCUT2D eigenvalue weighted by molar-refractivity contribution is 0.711. The molecule has 0 amide bonds. The van der Waals surface area contributed by atoms with Gasteiger partial charge in [0.2, 0.25) is 0 Å². The zero-order chi connectivity index (χ0) is 13.8. The lowest BCUT2D eigenvalue weighted by Crippen LogP contribution is -2.28. The van der Waals surface area contributed by atoms with Crippen molar-refractivity contribution in [3.63, 3.8) is 0 Å². The van der Waals surface area contributed by atoms with Crippen LogP contribution >= 0.6 is 11.8 Å². The molecule has 1 aliphatic heterocycles. The minimum absolute atomic E-state index is 0.309. The van der Waals surface area contributed by atoms with Crippen LogP contribution in [0.3, 0.4) is 0 Å². The monoisotopic (exact) mass is 277 g/mol. The number of hydrogen-bond donors (Lipinski definition) is 4. The van der Waals surface area contributed by atoms with Crippen LogP contribution in [0.1, 0.15) is 12.0 Å². The van der Waals surface area contributed by atoms with Gasteiger partial charge >= 0.3 is 0 Å². The van der Waals surface area contributed by atoms with Crippen LogP contribution in [-0.4, -0.2) is 17.1 Å². The molecule has 0 spiro atoms. The second kappa shape index (κ2) is 5.88. The number of amidine groups is 1. The third kappa shape index (κ3) is 3.35.